The van der Waals surface area contributed by atoms with E-state index in [0.717, 1.165) is 10.2 Å². The zero-order valence-electron chi connectivity index (χ0n) is 9.31. The molecule has 0 aliphatic carbocycles. The van der Waals surface area contributed by atoms with Crippen LogP contribution in [-0.4, -0.2) is 26.9 Å². The Morgan fingerprint density at radius 2 is 1.94 bits per heavy atom. The maximum absolute atomic E-state index is 11.5. The summed E-state index contributed by atoms with van der Waals surface area (Å²) in [6.45, 7) is 0.113. The van der Waals surface area contributed by atoms with Gasteiger partial charge in [-0.15, -0.1) is 0 Å². The summed E-state index contributed by atoms with van der Waals surface area (Å²) in [7, 11) is 0. The van der Waals surface area contributed by atoms with E-state index in [1.807, 2.05) is 30.3 Å². The van der Waals surface area contributed by atoms with Crippen LogP contribution in [0.4, 0.5) is 4.79 Å². The molecule has 0 bridgehead atoms. The summed E-state index contributed by atoms with van der Waals surface area (Å²) in [6, 6.07) is 10.4. The number of hydrogen-bond acceptors (Lipinski definition) is 4. The summed E-state index contributed by atoms with van der Waals surface area (Å²) >= 11 is 0. The lowest BCUT2D eigenvalue weighted by molar-refractivity contribution is 0.0689. The molecule has 1 aromatic carbocycles. The van der Waals surface area contributed by atoms with E-state index in [0.29, 0.717) is 0 Å². The molecule has 0 saturated carbocycles. The molecule has 92 valence electrons. The standard InChI is InChI=1S/C12H10N2O4/c15-11(16)10-6-7-14(13-10)12(17)18-8-9-4-2-1-3-5-9/h1-7H,8H2,(H,15,16). The van der Waals surface area contributed by atoms with Crippen molar-refractivity contribution in [3.05, 3.63) is 53.9 Å². The van der Waals surface area contributed by atoms with Crippen molar-refractivity contribution in [1.82, 2.24) is 9.78 Å². The third-order valence-electron chi connectivity index (χ3n) is 2.20. The minimum atomic E-state index is -1.19. The Kier molecular flexibility index (Phi) is 3.38. The number of aromatic carboxylic acids is 1. The van der Waals surface area contributed by atoms with Crippen molar-refractivity contribution >= 4 is 12.1 Å². The van der Waals surface area contributed by atoms with Crippen LogP contribution in [0.15, 0.2) is 42.6 Å². The predicted molar refractivity (Wildman–Crippen MR) is 61.2 cm³/mol. The number of benzene rings is 1. The second-order valence-corrected chi connectivity index (χ2v) is 3.49. The summed E-state index contributed by atoms with van der Waals surface area (Å²) in [4.78, 5) is 22.1. The first-order chi connectivity index (χ1) is 8.66. The molecule has 1 N–H and O–H groups in total. The number of carbonyl (C=O) groups excluding carboxylic acids is 1. The van der Waals surface area contributed by atoms with Crippen LogP contribution in [-0.2, 0) is 11.3 Å². The average molecular weight is 246 g/mol. The van der Waals surface area contributed by atoms with Crippen molar-refractivity contribution in [2.24, 2.45) is 0 Å². The van der Waals surface area contributed by atoms with Crippen LogP contribution in [0.25, 0.3) is 0 Å². The van der Waals surface area contributed by atoms with E-state index in [-0.39, 0.29) is 12.3 Å². The zero-order chi connectivity index (χ0) is 13.0. The van der Waals surface area contributed by atoms with Gasteiger partial charge in [0.2, 0.25) is 0 Å². The van der Waals surface area contributed by atoms with Crippen molar-refractivity contribution in [3.63, 3.8) is 0 Å². The third kappa shape index (κ3) is 2.73. The molecule has 2 rings (SSSR count). The summed E-state index contributed by atoms with van der Waals surface area (Å²) < 4.78 is 5.83. The highest BCUT2D eigenvalue weighted by Crippen LogP contribution is 2.02. The molecule has 6 heteroatoms. The van der Waals surface area contributed by atoms with Crippen molar-refractivity contribution in [1.29, 1.82) is 0 Å². The van der Waals surface area contributed by atoms with E-state index < -0.39 is 12.1 Å². The van der Waals surface area contributed by atoms with E-state index >= 15 is 0 Å². The van der Waals surface area contributed by atoms with Crippen LogP contribution < -0.4 is 0 Å². The lowest BCUT2D eigenvalue weighted by atomic mass is 10.2. The van der Waals surface area contributed by atoms with E-state index in [1.54, 1.807) is 0 Å². The average Bonchev–Trinajstić information content (AvgIpc) is 2.87. The van der Waals surface area contributed by atoms with Gasteiger partial charge in [-0.1, -0.05) is 30.3 Å². The number of ether oxygens (including phenoxy) is 1. The van der Waals surface area contributed by atoms with Crippen LogP contribution in [0, 0.1) is 0 Å². The van der Waals surface area contributed by atoms with Crippen LogP contribution in [0.5, 0.6) is 0 Å². The molecule has 2 aromatic rings. The minimum absolute atomic E-state index is 0.113. The first-order valence-electron chi connectivity index (χ1n) is 5.17. The van der Waals surface area contributed by atoms with Gasteiger partial charge in [0.15, 0.2) is 5.69 Å². The van der Waals surface area contributed by atoms with Crippen molar-refractivity contribution in [2.75, 3.05) is 0 Å². The molecule has 0 atom stereocenters. The van der Waals surface area contributed by atoms with E-state index in [4.69, 9.17) is 9.84 Å². The number of rotatable bonds is 3. The highest BCUT2D eigenvalue weighted by Gasteiger charge is 2.12. The van der Waals surface area contributed by atoms with Gasteiger partial charge in [0.25, 0.3) is 0 Å². The van der Waals surface area contributed by atoms with Crippen LogP contribution in [0.3, 0.4) is 0 Å². The number of carbonyl (C=O) groups is 2. The monoisotopic (exact) mass is 246 g/mol. The van der Waals surface area contributed by atoms with E-state index in [1.165, 1.54) is 12.3 Å². The summed E-state index contributed by atoms with van der Waals surface area (Å²) in [6.07, 6.45) is 0.530. The summed E-state index contributed by atoms with van der Waals surface area (Å²) in [5.41, 5.74) is 0.642. The lowest BCUT2D eigenvalue weighted by Gasteiger charge is -2.03. The quantitative estimate of drug-likeness (QED) is 0.892. The van der Waals surface area contributed by atoms with Crippen molar-refractivity contribution in [3.8, 4) is 0 Å². The molecule has 0 amide bonds. The number of carboxylic acids is 1. The number of hydrogen-bond donors (Lipinski definition) is 1. The Morgan fingerprint density at radius 1 is 1.22 bits per heavy atom. The normalized spacial score (nSPS) is 10.0. The molecule has 18 heavy (non-hydrogen) atoms. The fraction of sp³-hybridized carbons (Fsp3) is 0.0833. The van der Waals surface area contributed by atoms with Gasteiger partial charge < -0.3 is 9.84 Å². The Hall–Kier alpha value is -2.63. The lowest BCUT2D eigenvalue weighted by Crippen LogP contribution is -2.15. The fourth-order valence-electron chi connectivity index (χ4n) is 1.33. The molecule has 6 nitrogen and oxygen atoms in total. The Morgan fingerprint density at radius 3 is 2.56 bits per heavy atom. The van der Waals surface area contributed by atoms with Crippen LogP contribution in [0.1, 0.15) is 16.1 Å². The summed E-state index contributed by atoms with van der Waals surface area (Å²) in [5, 5.41) is 12.2. The van der Waals surface area contributed by atoms with Crippen molar-refractivity contribution < 1.29 is 19.4 Å². The maximum Gasteiger partial charge on any atom is 0.435 e. The smallest absolute Gasteiger partial charge is 0.435 e. The van der Waals surface area contributed by atoms with E-state index in [9.17, 15) is 9.59 Å². The molecule has 0 spiro atoms. The molecule has 1 aromatic heterocycles. The Balaban J connectivity index is 1.97. The molecule has 1 heterocycles. The van der Waals surface area contributed by atoms with Gasteiger partial charge in [0, 0.05) is 6.20 Å². The second kappa shape index (κ2) is 5.13. The topological polar surface area (TPSA) is 81.4 Å². The predicted octanol–water partition coefficient (Wildman–Crippen LogP) is 1.77. The van der Waals surface area contributed by atoms with Gasteiger partial charge in [0.05, 0.1) is 0 Å². The highest BCUT2D eigenvalue weighted by molar-refractivity contribution is 5.85. The third-order valence-corrected chi connectivity index (χ3v) is 2.20. The summed E-state index contributed by atoms with van der Waals surface area (Å²) in [5.74, 6) is -1.19. The maximum atomic E-state index is 11.5. The number of nitrogens with zero attached hydrogens (tertiary/aromatic N) is 2. The van der Waals surface area contributed by atoms with Gasteiger partial charge in [-0.2, -0.15) is 9.78 Å². The highest BCUT2D eigenvalue weighted by atomic mass is 16.6. The Labute approximate surface area is 102 Å². The molecule has 0 unspecified atom stereocenters. The fourth-order valence-corrected chi connectivity index (χ4v) is 1.33. The van der Waals surface area contributed by atoms with Gasteiger partial charge in [-0.25, -0.2) is 9.59 Å². The Bertz CT molecular complexity index is 562. The van der Waals surface area contributed by atoms with Gasteiger partial charge in [-0.3, -0.25) is 0 Å². The molecule has 0 radical (unpaired) electrons. The molecular weight excluding hydrogens is 236 g/mol. The van der Waals surface area contributed by atoms with Gasteiger partial charge >= 0.3 is 12.1 Å². The molecule has 0 fully saturated rings. The molecule has 0 aliphatic rings. The van der Waals surface area contributed by atoms with E-state index in [2.05, 4.69) is 5.10 Å². The largest absolute Gasteiger partial charge is 0.476 e. The zero-order valence-corrected chi connectivity index (χ0v) is 9.31. The van der Waals surface area contributed by atoms with Crippen molar-refractivity contribution in [2.45, 2.75) is 6.61 Å². The molecule has 0 aliphatic heterocycles. The van der Waals surface area contributed by atoms with Gasteiger partial charge in [0.1, 0.15) is 6.61 Å². The number of aromatic nitrogens is 2. The van der Waals surface area contributed by atoms with Crippen LogP contribution >= 0.6 is 0 Å². The second-order valence-electron chi connectivity index (χ2n) is 3.49. The number of carboxylic acid groups (broad SMARTS) is 1. The first kappa shape index (κ1) is 11.8. The first-order valence-corrected chi connectivity index (χ1v) is 5.17. The molecule has 0 saturated heterocycles. The van der Waals surface area contributed by atoms with Crippen LogP contribution in [0.2, 0.25) is 0 Å². The van der Waals surface area contributed by atoms with Gasteiger partial charge in [-0.05, 0) is 11.6 Å². The molecular formula is C12H10N2O4. The SMILES string of the molecule is O=C(O)c1ccn(C(=O)OCc2ccccc2)n1. The minimum Gasteiger partial charge on any atom is -0.476 e.